The maximum Gasteiger partial charge on any atom is 0.124 e. The third-order valence-corrected chi connectivity index (χ3v) is 4.44. The van der Waals surface area contributed by atoms with Crippen LogP contribution in [-0.2, 0) is 11.3 Å². The molecule has 0 amide bonds. The minimum absolute atomic E-state index is 0.0135. The summed E-state index contributed by atoms with van der Waals surface area (Å²) in [4.78, 5) is 0. The maximum absolute atomic E-state index is 9.92. The minimum atomic E-state index is -0.602. The standard InChI is InChI=1S/C13H18O4S/c1-16-10-5-3-2-4-9(10)7-17-11-8-18-12(6-14)13(11)15/h2-5,11-15H,6-8H2,1H3/t11-,12-,13+/m1/s1. The van der Waals surface area contributed by atoms with Crippen LogP contribution in [0.15, 0.2) is 24.3 Å². The van der Waals surface area contributed by atoms with Crippen LogP contribution in [0.1, 0.15) is 5.56 Å². The van der Waals surface area contributed by atoms with Crippen molar-refractivity contribution in [3.8, 4) is 5.75 Å². The fraction of sp³-hybridized carbons (Fsp3) is 0.538. The largest absolute Gasteiger partial charge is 0.496 e. The van der Waals surface area contributed by atoms with Crippen molar-refractivity contribution in [3.05, 3.63) is 29.8 Å². The smallest absolute Gasteiger partial charge is 0.124 e. The van der Waals surface area contributed by atoms with E-state index in [0.29, 0.717) is 12.4 Å². The number of aliphatic hydroxyl groups is 2. The molecule has 1 aromatic carbocycles. The summed E-state index contributed by atoms with van der Waals surface area (Å²) in [5.74, 6) is 1.50. The van der Waals surface area contributed by atoms with Crippen LogP contribution in [-0.4, -0.2) is 47.1 Å². The van der Waals surface area contributed by atoms with E-state index < -0.39 is 6.10 Å². The van der Waals surface area contributed by atoms with Gasteiger partial charge in [-0.25, -0.2) is 0 Å². The molecule has 0 aromatic heterocycles. The van der Waals surface area contributed by atoms with Crippen LogP contribution in [0.5, 0.6) is 5.75 Å². The molecule has 2 rings (SSSR count). The van der Waals surface area contributed by atoms with Gasteiger partial charge in [-0.2, -0.15) is 11.8 Å². The van der Waals surface area contributed by atoms with Gasteiger partial charge in [0.05, 0.1) is 37.8 Å². The number of methoxy groups -OCH3 is 1. The molecule has 0 saturated carbocycles. The zero-order valence-corrected chi connectivity index (χ0v) is 11.1. The number of benzene rings is 1. The Morgan fingerprint density at radius 2 is 2.17 bits per heavy atom. The Kier molecular flexibility index (Phi) is 4.88. The molecule has 0 unspecified atom stereocenters. The summed E-state index contributed by atoms with van der Waals surface area (Å²) < 4.78 is 11.0. The van der Waals surface area contributed by atoms with Crippen LogP contribution in [0, 0.1) is 0 Å². The number of hydrogen-bond acceptors (Lipinski definition) is 5. The highest BCUT2D eigenvalue weighted by Crippen LogP contribution is 2.30. The third-order valence-electron chi connectivity index (χ3n) is 3.06. The van der Waals surface area contributed by atoms with Crippen molar-refractivity contribution in [3.63, 3.8) is 0 Å². The predicted octanol–water partition coefficient (Wildman–Crippen LogP) is 1.05. The summed E-state index contributed by atoms with van der Waals surface area (Å²) >= 11 is 1.55. The first-order valence-corrected chi connectivity index (χ1v) is 6.95. The second-order valence-corrected chi connectivity index (χ2v) is 5.48. The van der Waals surface area contributed by atoms with Crippen molar-refractivity contribution in [2.75, 3.05) is 19.5 Å². The third kappa shape index (κ3) is 2.98. The molecule has 2 N–H and O–H groups in total. The maximum atomic E-state index is 9.92. The fourth-order valence-corrected chi connectivity index (χ4v) is 3.19. The molecule has 18 heavy (non-hydrogen) atoms. The Morgan fingerprint density at radius 3 is 2.83 bits per heavy atom. The van der Waals surface area contributed by atoms with Gasteiger partial charge in [-0.1, -0.05) is 18.2 Å². The van der Waals surface area contributed by atoms with Crippen molar-refractivity contribution in [2.24, 2.45) is 0 Å². The van der Waals surface area contributed by atoms with E-state index in [9.17, 15) is 5.11 Å². The highest BCUT2D eigenvalue weighted by molar-refractivity contribution is 8.00. The fourth-order valence-electron chi connectivity index (χ4n) is 1.98. The van der Waals surface area contributed by atoms with Gasteiger partial charge in [0.25, 0.3) is 0 Å². The summed E-state index contributed by atoms with van der Waals surface area (Å²) in [6.45, 7) is 0.394. The first kappa shape index (κ1) is 13.7. The highest BCUT2D eigenvalue weighted by Gasteiger charge is 2.35. The van der Waals surface area contributed by atoms with Crippen molar-refractivity contribution in [1.29, 1.82) is 0 Å². The highest BCUT2D eigenvalue weighted by atomic mass is 32.2. The van der Waals surface area contributed by atoms with Crippen molar-refractivity contribution < 1.29 is 19.7 Å². The molecule has 0 radical (unpaired) electrons. The second-order valence-electron chi connectivity index (χ2n) is 4.21. The predicted molar refractivity (Wildman–Crippen MR) is 70.9 cm³/mol. The van der Waals surface area contributed by atoms with E-state index in [4.69, 9.17) is 14.6 Å². The summed E-state index contributed by atoms with van der Waals surface area (Å²) in [7, 11) is 1.63. The van der Waals surface area contributed by atoms with E-state index in [1.807, 2.05) is 24.3 Å². The Balaban J connectivity index is 1.92. The van der Waals surface area contributed by atoms with Crippen LogP contribution in [0.25, 0.3) is 0 Å². The van der Waals surface area contributed by atoms with Gasteiger partial charge in [0.1, 0.15) is 5.75 Å². The molecule has 100 valence electrons. The summed E-state index contributed by atoms with van der Waals surface area (Å²) in [6, 6.07) is 7.66. The van der Waals surface area contributed by atoms with Gasteiger partial charge in [-0.15, -0.1) is 0 Å². The lowest BCUT2D eigenvalue weighted by molar-refractivity contribution is -0.0305. The molecular weight excluding hydrogens is 252 g/mol. The van der Waals surface area contributed by atoms with Crippen molar-refractivity contribution >= 4 is 11.8 Å². The number of para-hydroxylation sites is 1. The van der Waals surface area contributed by atoms with E-state index in [1.54, 1.807) is 18.9 Å². The van der Waals surface area contributed by atoms with Gasteiger partial charge in [0.2, 0.25) is 0 Å². The van der Waals surface area contributed by atoms with Crippen LogP contribution >= 0.6 is 11.8 Å². The molecular formula is C13H18O4S. The Bertz CT molecular complexity index is 385. The van der Waals surface area contributed by atoms with Crippen molar-refractivity contribution in [2.45, 2.75) is 24.1 Å². The van der Waals surface area contributed by atoms with E-state index in [-0.39, 0.29) is 18.0 Å². The lowest BCUT2D eigenvalue weighted by atomic mass is 10.1. The topological polar surface area (TPSA) is 58.9 Å². The molecule has 4 nitrogen and oxygen atoms in total. The Morgan fingerprint density at radius 1 is 1.39 bits per heavy atom. The van der Waals surface area contributed by atoms with Crippen LogP contribution in [0.3, 0.4) is 0 Å². The number of thioether (sulfide) groups is 1. The number of rotatable bonds is 5. The zero-order valence-electron chi connectivity index (χ0n) is 10.3. The molecule has 0 spiro atoms. The Hall–Kier alpha value is -0.750. The number of ether oxygens (including phenoxy) is 2. The molecule has 1 saturated heterocycles. The van der Waals surface area contributed by atoms with Gasteiger partial charge >= 0.3 is 0 Å². The minimum Gasteiger partial charge on any atom is -0.496 e. The van der Waals surface area contributed by atoms with E-state index >= 15 is 0 Å². The molecule has 1 fully saturated rings. The molecule has 1 aliphatic rings. The van der Waals surface area contributed by atoms with Gasteiger partial charge in [0.15, 0.2) is 0 Å². The first-order chi connectivity index (χ1) is 8.76. The monoisotopic (exact) mass is 270 g/mol. The first-order valence-electron chi connectivity index (χ1n) is 5.90. The van der Waals surface area contributed by atoms with Gasteiger partial charge < -0.3 is 19.7 Å². The summed E-state index contributed by atoms with van der Waals surface area (Å²) in [5.41, 5.74) is 0.963. The van der Waals surface area contributed by atoms with Crippen LogP contribution in [0.4, 0.5) is 0 Å². The molecule has 0 aliphatic carbocycles. The van der Waals surface area contributed by atoms with Gasteiger partial charge in [-0.3, -0.25) is 0 Å². The molecule has 0 bridgehead atoms. The average Bonchev–Trinajstić information content (AvgIpc) is 2.77. The number of aliphatic hydroxyl groups excluding tert-OH is 2. The normalized spacial score (nSPS) is 27.4. The quantitative estimate of drug-likeness (QED) is 0.837. The molecule has 3 atom stereocenters. The zero-order chi connectivity index (χ0) is 13.0. The Labute approximate surface area is 111 Å². The summed E-state index contributed by atoms with van der Waals surface area (Å²) in [6.07, 6.45) is -0.827. The summed E-state index contributed by atoms with van der Waals surface area (Å²) in [5, 5.41) is 18.8. The van der Waals surface area contributed by atoms with Gasteiger partial charge in [0, 0.05) is 11.3 Å². The van der Waals surface area contributed by atoms with Crippen LogP contribution in [0.2, 0.25) is 0 Å². The lowest BCUT2D eigenvalue weighted by Crippen LogP contribution is -2.33. The van der Waals surface area contributed by atoms with Gasteiger partial charge in [-0.05, 0) is 6.07 Å². The van der Waals surface area contributed by atoms with Crippen molar-refractivity contribution in [1.82, 2.24) is 0 Å². The second kappa shape index (κ2) is 6.43. The lowest BCUT2D eigenvalue weighted by Gasteiger charge is -2.18. The van der Waals surface area contributed by atoms with Crippen LogP contribution < -0.4 is 4.74 Å². The molecule has 1 aliphatic heterocycles. The number of hydrogen-bond donors (Lipinski definition) is 2. The molecule has 5 heteroatoms. The van der Waals surface area contributed by atoms with E-state index in [1.165, 1.54) is 0 Å². The molecule has 1 aromatic rings. The molecule has 1 heterocycles. The SMILES string of the molecule is COc1ccccc1CO[C@@H]1CS[C@H](CO)[C@H]1O. The van der Waals surface area contributed by atoms with E-state index in [2.05, 4.69) is 0 Å². The van der Waals surface area contributed by atoms with E-state index in [0.717, 1.165) is 11.3 Å². The average molecular weight is 270 g/mol.